The van der Waals surface area contributed by atoms with Gasteiger partial charge in [0.05, 0.1) is 0 Å². The number of hydrogen-bond donors (Lipinski definition) is 1. The first-order valence-corrected chi connectivity index (χ1v) is 6.50. The van der Waals surface area contributed by atoms with Gasteiger partial charge in [-0.15, -0.1) is 0 Å². The summed E-state index contributed by atoms with van der Waals surface area (Å²) in [5, 5.41) is 3.21. The Morgan fingerprint density at radius 1 is 1.53 bits per heavy atom. The fraction of sp³-hybridized carbons (Fsp3) is 0.692. The first kappa shape index (κ1) is 12.1. The van der Waals surface area contributed by atoms with Gasteiger partial charge in [-0.2, -0.15) is 0 Å². The van der Waals surface area contributed by atoms with Gasteiger partial charge < -0.3 is 9.88 Å². The van der Waals surface area contributed by atoms with Gasteiger partial charge in [0.15, 0.2) is 5.82 Å². The van der Waals surface area contributed by atoms with Gasteiger partial charge in [-0.3, -0.25) is 4.79 Å². The highest BCUT2D eigenvalue weighted by atomic mass is 16.1. The molecule has 4 nitrogen and oxygen atoms in total. The van der Waals surface area contributed by atoms with Crippen molar-refractivity contribution in [3.63, 3.8) is 0 Å². The van der Waals surface area contributed by atoms with E-state index in [9.17, 15) is 4.79 Å². The molecule has 1 N–H and O–H groups in total. The van der Waals surface area contributed by atoms with Gasteiger partial charge in [0.2, 0.25) is 0 Å². The maximum atomic E-state index is 11.9. The van der Waals surface area contributed by atoms with Crippen molar-refractivity contribution in [3.8, 4) is 0 Å². The summed E-state index contributed by atoms with van der Waals surface area (Å²) in [6.45, 7) is 5.82. The molecule has 2 unspecified atom stereocenters. The van der Waals surface area contributed by atoms with E-state index in [1.54, 1.807) is 17.0 Å². The molecule has 4 heteroatoms. The van der Waals surface area contributed by atoms with Gasteiger partial charge in [-0.1, -0.05) is 13.3 Å². The average molecular weight is 235 g/mol. The maximum Gasteiger partial charge on any atom is 0.293 e. The van der Waals surface area contributed by atoms with Crippen molar-refractivity contribution in [2.24, 2.45) is 11.8 Å². The van der Waals surface area contributed by atoms with Crippen molar-refractivity contribution >= 4 is 5.82 Å². The van der Waals surface area contributed by atoms with Crippen molar-refractivity contribution in [2.75, 3.05) is 11.9 Å². The van der Waals surface area contributed by atoms with E-state index in [0.717, 1.165) is 12.5 Å². The van der Waals surface area contributed by atoms with Crippen molar-refractivity contribution in [1.29, 1.82) is 0 Å². The lowest BCUT2D eigenvalue weighted by Gasteiger charge is -2.12. The normalized spacial score (nSPS) is 23.9. The Morgan fingerprint density at radius 2 is 2.35 bits per heavy atom. The number of aromatic nitrogens is 2. The molecular formula is C13H21N3O. The largest absolute Gasteiger partial charge is 0.365 e. The minimum Gasteiger partial charge on any atom is -0.365 e. The molecule has 1 heterocycles. The van der Waals surface area contributed by atoms with Crippen LogP contribution in [-0.4, -0.2) is 16.1 Å². The average Bonchev–Trinajstić information content (AvgIpc) is 2.74. The Labute approximate surface area is 102 Å². The van der Waals surface area contributed by atoms with Crippen molar-refractivity contribution < 1.29 is 0 Å². The van der Waals surface area contributed by atoms with Crippen LogP contribution in [0.25, 0.3) is 0 Å². The molecule has 1 aromatic heterocycles. The molecule has 1 saturated carbocycles. The maximum absolute atomic E-state index is 11.9. The summed E-state index contributed by atoms with van der Waals surface area (Å²) < 4.78 is 1.67. The number of anilines is 1. The third-order valence-corrected chi connectivity index (χ3v) is 3.62. The van der Waals surface area contributed by atoms with Crippen LogP contribution in [0.5, 0.6) is 0 Å². The summed E-state index contributed by atoms with van der Waals surface area (Å²) in [6.07, 6.45) is 7.26. The van der Waals surface area contributed by atoms with Gasteiger partial charge in [-0.25, -0.2) is 4.98 Å². The van der Waals surface area contributed by atoms with Crippen LogP contribution in [-0.2, 0) is 6.54 Å². The van der Waals surface area contributed by atoms with E-state index in [1.807, 2.05) is 6.92 Å². The molecule has 1 aliphatic carbocycles. The standard InChI is InChI=1S/C13H21N3O/c1-3-16-7-6-14-12(13(16)17)15-9-11-5-4-10(2)8-11/h6-7,10-11H,3-5,8-9H2,1-2H3,(H,14,15). The molecule has 94 valence electrons. The number of nitrogens with zero attached hydrogens (tertiary/aromatic N) is 2. The van der Waals surface area contributed by atoms with Crippen LogP contribution in [0.2, 0.25) is 0 Å². The molecule has 1 aromatic rings. The van der Waals surface area contributed by atoms with E-state index < -0.39 is 0 Å². The Bertz CT molecular complexity index is 427. The fourth-order valence-corrected chi connectivity index (χ4v) is 2.57. The van der Waals surface area contributed by atoms with Gasteiger partial charge in [0.25, 0.3) is 5.56 Å². The highest BCUT2D eigenvalue weighted by molar-refractivity contribution is 5.30. The summed E-state index contributed by atoms with van der Waals surface area (Å²) in [4.78, 5) is 16.0. The van der Waals surface area contributed by atoms with Crippen molar-refractivity contribution in [2.45, 2.75) is 39.7 Å². The minimum absolute atomic E-state index is 0.0129. The van der Waals surface area contributed by atoms with E-state index in [1.165, 1.54) is 19.3 Å². The van der Waals surface area contributed by atoms with Crippen molar-refractivity contribution in [3.05, 3.63) is 22.7 Å². The fourth-order valence-electron chi connectivity index (χ4n) is 2.57. The van der Waals surface area contributed by atoms with Crippen LogP contribution in [0, 0.1) is 11.8 Å². The lowest BCUT2D eigenvalue weighted by molar-refractivity contribution is 0.536. The zero-order valence-corrected chi connectivity index (χ0v) is 10.6. The van der Waals surface area contributed by atoms with E-state index in [-0.39, 0.29) is 5.56 Å². The number of aryl methyl sites for hydroxylation is 1. The summed E-state index contributed by atoms with van der Waals surface area (Å²) in [6, 6.07) is 0. The van der Waals surface area contributed by atoms with E-state index >= 15 is 0 Å². The van der Waals surface area contributed by atoms with Crippen LogP contribution >= 0.6 is 0 Å². The quantitative estimate of drug-likeness (QED) is 0.869. The second-order valence-electron chi connectivity index (χ2n) is 5.03. The molecule has 1 fully saturated rings. The zero-order valence-electron chi connectivity index (χ0n) is 10.6. The van der Waals surface area contributed by atoms with Gasteiger partial charge in [0.1, 0.15) is 0 Å². The van der Waals surface area contributed by atoms with E-state index in [4.69, 9.17) is 0 Å². The van der Waals surface area contributed by atoms with E-state index in [2.05, 4.69) is 17.2 Å². The Morgan fingerprint density at radius 3 is 3.00 bits per heavy atom. The van der Waals surface area contributed by atoms with Crippen LogP contribution in [0.15, 0.2) is 17.2 Å². The minimum atomic E-state index is -0.0129. The van der Waals surface area contributed by atoms with Crippen LogP contribution in [0.4, 0.5) is 5.82 Å². The molecule has 17 heavy (non-hydrogen) atoms. The second kappa shape index (κ2) is 5.34. The van der Waals surface area contributed by atoms with Crippen molar-refractivity contribution in [1.82, 2.24) is 9.55 Å². The van der Waals surface area contributed by atoms with Gasteiger partial charge >= 0.3 is 0 Å². The molecule has 0 spiro atoms. The monoisotopic (exact) mass is 235 g/mol. The highest BCUT2D eigenvalue weighted by Crippen LogP contribution is 2.29. The van der Waals surface area contributed by atoms with Crippen LogP contribution in [0.1, 0.15) is 33.1 Å². The molecule has 0 saturated heterocycles. The third-order valence-electron chi connectivity index (χ3n) is 3.62. The first-order chi connectivity index (χ1) is 8.20. The van der Waals surface area contributed by atoms with Gasteiger partial charge in [-0.05, 0) is 31.6 Å². The summed E-state index contributed by atoms with van der Waals surface area (Å²) in [5.41, 5.74) is -0.0129. The summed E-state index contributed by atoms with van der Waals surface area (Å²) >= 11 is 0. The summed E-state index contributed by atoms with van der Waals surface area (Å²) in [7, 11) is 0. The summed E-state index contributed by atoms with van der Waals surface area (Å²) in [5.74, 6) is 2.02. The molecule has 0 aromatic carbocycles. The SMILES string of the molecule is CCn1ccnc(NCC2CCC(C)C2)c1=O. The first-order valence-electron chi connectivity index (χ1n) is 6.50. The predicted octanol–water partition coefficient (Wildman–Crippen LogP) is 2.11. The van der Waals surface area contributed by atoms with Gasteiger partial charge in [0, 0.05) is 25.5 Å². The van der Waals surface area contributed by atoms with Crippen LogP contribution in [0.3, 0.4) is 0 Å². The zero-order chi connectivity index (χ0) is 12.3. The highest BCUT2D eigenvalue weighted by Gasteiger charge is 2.21. The Hall–Kier alpha value is -1.32. The van der Waals surface area contributed by atoms with E-state index in [0.29, 0.717) is 18.3 Å². The lowest BCUT2D eigenvalue weighted by Crippen LogP contribution is -2.25. The molecule has 0 aliphatic heterocycles. The topological polar surface area (TPSA) is 46.9 Å². The second-order valence-corrected chi connectivity index (χ2v) is 5.03. The molecule has 2 atom stereocenters. The predicted molar refractivity (Wildman–Crippen MR) is 69.2 cm³/mol. The molecule has 0 bridgehead atoms. The molecule has 2 rings (SSSR count). The smallest absolute Gasteiger partial charge is 0.293 e. The molecule has 0 amide bonds. The third kappa shape index (κ3) is 2.87. The van der Waals surface area contributed by atoms with Crippen LogP contribution < -0.4 is 10.9 Å². The number of hydrogen-bond acceptors (Lipinski definition) is 3. The molecule has 0 radical (unpaired) electrons. The Kier molecular flexibility index (Phi) is 3.82. The Balaban J connectivity index is 1.97. The molecule has 1 aliphatic rings. The lowest BCUT2D eigenvalue weighted by atomic mass is 10.1. The number of nitrogens with one attached hydrogen (secondary N) is 1. The molecular weight excluding hydrogens is 214 g/mol. The number of rotatable bonds is 4.